The van der Waals surface area contributed by atoms with E-state index in [0.29, 0.717) is 22.5 Å². The zero-order valence-electron chi connectivity index (χ0n) is 23.6. The molecule has 1 aromatic heterocycles. The quantitative estimate of drug-likeness (QED) is 0.168. The van der Waals surface area contributed by atoms with E-state index in [1.54, 1.807) is 18.2 Å². The van der Waals surface area contributed by atoms with Gasteiger partial charge in [0.05, 0.1) is 31.9 Å². The maximum absolute atomic E-state index is 12.5. The number of nitrogens with zero attached hydrogens (tertiary/aromatic N) is 2. The highest BCUT2D eigenvalue weighted by atomic mass is 32.1. The minimum Gasteiger partial charge on any atom is -0.493 e. The van der Waals surface area contributed by atoms with E-state index in [1.165, 1.54) is 37.3 Å². The molecule has 3 aromatic rings. The number of halogens is 3. The average Bonchev–Trinajstić information content (AvgIpc) is 3.37. The van der Waals surface area contributed by atoms with Crippen molar-refractivity contribution in [1.29, 1.82) is 0 Å². The number of ether oxygens (including phenoxy) is 3. The molecule has 0 atom stereocenters. The summed E-state index contributed by atoms with van der Waals surface area (Å²) in [5.74, 6) is -0.0830. The number of carbonyl (C=O) groups is 1. The summed E-state index contributed by atoms with van der Waals surface area (Å²) in [4.78, 5) is 16.3. The van der Waals surface area contributed by atoms with Crippen LogP contribution in [-0.4, -0.2) is 54.3 Å². The van der Waals surface area contributed by atoms with Gasteiger partial charge < -0.3 is 19.3 Å². The molecule has 3 rings (SSSR count). The molecular formula is C29H36F3N2O5S+. The summed E-state index contributed by atoms with van der Waals surface area (Å²) in [6, 6.07) is 9.38. The number of thiazole rings is 1. The van der Waals surface area contributed by atoms with E-state index in [2.05, 4.69) is 18.6 Å². The van der Waals surface area contributed by atoms with E-state index in [9.17, 15) is 23.1 Å². The van der Waals surface area contributed by atoms with E-state index in [4.69, 9.17) is 14.5 Å². The molecule has 0 radical (unpaired) electrons. The van der Waals surface area contributed by atoms with Gasteiger partial charge in [0.1, 0.15) is 17.2 Å². The number of aliphatic carboxylic acids is 1. The van der Waals surface area contributed by atoms with Crippen molar-refractivity contribution in [2.75, 3.05) is 26.2 Å². The lowest BCUT2D eigenvalue weighted by atomic mass is 10.1. The van der Waals surface area contributed by atoms with Crippen LogP contribution >= 0.6 is 11.3 Å². The average molecular weight is 582 g/mol. The standard InChI is InChI=1S/C29H35F3N2O5S/c1-7-34(8-2,27-33-23(18-40-27)21-10-12-22(13-11-21)38-29(30,31)32)14-9-15-37-24-16-20(4)25(17-19(24)3)39-28(5,6)26(35)36/h10-13,16-18H,7-9,14-15H2,1-6H3/p+1. The lowest BCUT2D eigenvalue weighted by Crippen LogP contribution is -2.50. The highest BCUT2D eigenvalue weighted by molar-refractivity contribution is 7.13. The Morgan fingerprint density at radius 3 is 2.17 bits per heavy atom. The Morgan fingerprint density at radius 1 is 1.00 bits per heavy atom. The number of hydrogen-bond donors (Lipinski definition) is 1. The number of aromatic nitrogens is 1. The molecule has 1 N–H and O–H groups in total. The Hall–Kier alpha value is -3.31. The van der Waals surface area contributed by atoms with E-state index in [-0.39, 0.29) is 5.75 Å². The number of hydrogen-bond acceptors (Lipinski definition) is 6. The molecule has 40 heavy (non-hydrogen) atoms. The highest BCUT2D eigenvalue weighted by Crippen LogP contribution is 2.34. The first-order valence-electron chi connectivity index (χ1n) is 13.0. The fourth-order valence-electron chi connectivity index (χ4n) is 4.24. The SMILES string of the molecule is CC[N+](CC)(CCCOc1cc(C)c(OC(C)(C)C(=O)O)cc1C)c1nc(-c2ccc(OC(F)(F)F)cc2)cs1. The fraction of sp³-hybridized carbons (Fsp3) is 0.448. The van der Waals surface area contributed by atoms with Crippen molar-refractivity contribution in [3.63, 3.8) is 0 Å². The van der Waals surface area contributed by atoms with Gasteiger partial charge in [0, 0.05) is 17.4 Å². The summed E-state index contributed by atoms with van der Waals surface area (Å²) in [5.41, 5.74) is 1.72. The zero-order valence-corrected chi connectivity index (χ0v) is 24.4. The molecule has 0 bridgehead atoms. The highest BCUT2D eigenvalue weighted by Gasteiger charge is 2.32. The van der Waals surface area contributed by atoms with Crippen molar-refractivity contribution in [2.24, 2.45) is 0 Å². The Labute approximate surface area is 236 Å². The van der Waals surface area contributed by atoms with E-state index in [1.807, 2.05) is 25.3 Å². The minimum atomic E-state index is -4.73. The zero-order chi connectivity index (χ0) is 29.7. The maximum Gasteiger partial charge on any atom is 0.573 e. The summed E-state index contributed by atoms with van der Waals surface area (Å²) < 4.78 is 53.8. The second-order valence-corrected chi connectivity index (χ2v) is 10.9. The van der Waals surface area contributed by atoms with Crippen molar-refractivity contribution >= 4 is 22.4 Å². The van der Waals surface area contributed by atoms with E-state index >= 15 is 0 Å². The van der Waals surface area contributed by atoms with Crippen LogP contribution in [0.2, 0.25) is 0 Å². The van der Waals surface area contributed by atoms with Crippen molar-refractivity contribution in [3.8, 4) is 28.5 Å². The molecule has 11 heteroatoms. The first-order chi connectivity index (χ1) is 18.7. The van der Waals surface area contributed by atoms with Gasteiger partial charge in [-0.25, -0.2) is 4.79 Å². The van der Waals surface area contributed by atoms with Crippen LogP contribution in [0.25, 0.3) is 11.3 Å². The number of benzene rings is 2. The molecule has 7 nitrogen and oxygen atoms in total. The normalized spacial score (nSPS) is 12.3. The molecule has 218 valence electrons. The molecule has 0 aliphatic rings. The van der Waals surface area contributed by atoms with Gasteiger partial charge in [-0.3, -0.25) is 4.48 Å². The Balaban J connectivity index is 1.65. The molecule has 0 fully saturated rings. The number of rotatable bonds is 13. The van der Waals surface area contributed by atoms with Crippen LogP contribution in [0.1, 0.15) is 45.2 Å². The third-order valence-corrected chi connectivity index (χ3v) is 7.86. The Bertz CT molecular complexity index is 1300. The number of aryl methyl sites for hydroxylation is 2. The second kappa shape index (κ2) is 12.5. The molecule has 2 aromatic carbocycles. The Kier molecular flexibility index (Phi) is 9.73. The molecule has 1 heterocycles. The van der Waals surface area contributed by atoms with Crippen molar-refractivity contribution in [3.05, 3.63) is 52.9 Å². The third kappa shape index (κ3) is 7.66. The van der Waals surface area contributed by atoms with Gasteiger partial charge in [0.25, 0.3) is 5.13 Å². The van der Waals surface area contributed by atoms with Crippen LogP contribution < -0.4 is 18.7 Å². The fourth-order valence-corrected chi connectivity index (χ4v) is 5.37. The molecular weight excluding hydrogens is 545 g/mol. The molecule has 0 aliphatic heterocycles. The predicted molar refractivity (Wildman–Crippen MR) is 150 cm³/mol. The lowest BCUT2D eigenvalue weighted by Gasteiger charge is -2.33. The van der Waals surface area contributed by atoms with Crippen molar-refractivity contribution in [1.82, 2.24) is 9.47 Å². The van der Waals surface area contributed by atoms with Crippen LogP contribution in [0.3, 0.4) is 0 Å². The van der Waals surface area contributed by atoms with Crippen LogP contribution in [-0.2, 0) is 4.79 Å². The Morgan fingerprint density at radius 2 is 1.60 bits per heavy atom. The summed E-state index contributed by atoms with van der Waals surface area (Å²) in [5, 5.41) is 12.2. The summed E-state index contributed by atoms with van der Waals surface area (Å²) in [6.45, 7) is 13.9. The van der Waals surface area contributed by atoms with Gasteiger partial charge in [0.15, 0.2) is 5.60 Å². The molecule has 0 saturated heterocycles. The molecule has 0 spiro atoms. The maximum atomic E-state index is 12.5. The van der Waals surface area contributed by atoms with E-state index in [0.717, 1.165) is 53.6 Å². The third-order valence-electron chi connectivity index (χ3n) is 6.83. The molecule has 0 aliphatic carbocycles. The smallest absolute Gasteiger partial charge is 0.493 e. The molecule has 0 saturated carbocycles. The minimum absolute atomic E-state index is 0.268. The van der Waals surface area contributed by atoms with Crippen molar-refractivity contribution in [2.45, 2.75) is 59.9 Å². The largest absolute Gasteiger partial charge is 0.573 e. The van der Waals surface area contributed by atoms with Crippen LogP contribution in [0.15, 0.2) is 41.8 Å². The topological polar surface area (TPSA) is 77.9 Å². The van der Waals surface area contributed by atoms with Crippen LogP contribution in [0.4, 0.5) is 18.3 Å². The summed E-state index contributed by atoms with van der Waals surface area (Å²) >= 11 is 1.53. The monoisotopic (exact) mass is 581 g/mol. The van der Waals surface area contributed by atoms with Gasteiger partial charge in [-0.15, -0.1) is 13.2 Å². The first kappa shape index (κ1) is 31.2. The van der Waals surface area contributed by atoms with Crippen LogP contribution in [0, 0.1) is 13.8 Å². The second-order valence-electron chi connectivity index (χ2n) is 10.1. The molecule has 0 unspecified atom stereocenters. The molecule has 0 amide bonds. The predicted octanol–water partition coefficient (Wildman–Crippen LogP) is 7.38. The summed E-state index contributed by atoms with van der Waals surface area (Å²) in [7, 11) is 0. The van der Waals surface area contributed by atoms with Gasteiger partial charge >= 0.3 is 12.3 Å². The van der Waals surface area contributed by atoms with Crippen LogP contribution in [0.5, 0.6) is 17.2 Å². The number of alkyl halides is 3. The van der Waals surface area contributed by atoms with Gasteiger partial charge in [-0.05, 0) is 89.1 Å². The van der Waals surface area contributed by atoms with Gasteiger partial charge in [-0.2, -0.15) is 4.98 Å². The first-order valence-corrected chi connectivity index (χ1v) is 13.9. The number of carboxylic acids is 1. The summed E-state index contributed by atoms with van der Waals surface area (Å²) in [6.07, 6.45) is -3.96. The van der Waals surface area contributed by atoms with Crippen molar-refractivity contribution < 1.29 is 37.3 Å². The van der Waals surface area contributed by atoms with E-state index < -0.39 is 17.9 Å². The number of carboxylic acid groups (broad SMARTS) is 1. The number of quaternary nitrogens is 1. The van der Waals surface area contributed by atoms with Gasteiger partial charge in [-0.1, -0.05) is 11.3 Å². The van der Waals surface area contributed by atoms with Gasteiger partial charge in [0.2, 0.25) is 0 Å². The lowest BCUT2D eigenvalue weighted by molar-refractivity contribution is -0.274.